The lowest BCUT2D eigenvalue weighted by atomic mass is 10.0. The van der Waals surface area contributed by atoms with Crippen LogP contribution in [-0.2, 0) is 6.61 Å². The van der Waals surface area contributed by atoms with Gasteiger partial charge in [0.05, 0.1) is 0 Å². The number of allylic oxidation sites excluding steroid dienone is 1. The van der Waals surface area contributed by atoms with E-state index in [1.54, 1.807) is 42.5 Å². The predicted octanol–water partition coefficient (Wildman–Crippen LogP) is 4.78. The SMILES string of the molecule is N#C/C(=C\c1ccc(OCc2ccc3c(c2)OCO3)cc1)C(=O)c1ccccc1. The van der Waals surface area contributed by atoms with E-state index in [1.807, 2.05) is 42.5 Å². The summed E-state index contributed by atoms with van der Waals surface area (Å²) in [5, 5.41) is 9.37. The molecule has 1 aliphatic heterocycles. The topological polar surface area (TPSA) is 68.6 Å². The summed E-state index contributed by atoms with van der Waals surface area (Å²) in [6.07, 6.45) is 1.58. The van der Waals surface area contributed by atoms with Crippen LogP contribution in [0.5, 0.6) is 17.2 Å². The molecular weight excluding hydrogens is 366 g/mol. The second kappa shape index (κ2) is 8.32. The lowest BCUT2D eigenvalue weighted by Crippen LogP contribution is -2.01. The standard InChI is InChI=1S/C24H17NO4/c25-14-20(24(26)19-4-2-1-3-5-19)12-17-6-9-21(10-7-17)27-15-18-8-11-22-23(13-18)29-16-28-22/h1-13H,15-16H2/b20-12+. The Bertz CT molecular complexity index is 1100. The lowest BCUT2D eigenvalue weighted by Gasteiger charge is -2.07. The summed E-state index contributed by atoms with van der Waals surface area (Å²) in [5.74, 6) is 1.85. The number of hydrogen-bond donors (Lipinski definition) is 0. The van der Waals surface area contributed by atoms with E-state index in [-0.39, 0.29) is 18.1 Å². The summed E-state index contributed by atoms with van der Waals surface area (Å²) < 4.78 is 16.5. The molecule has 0 fully saturated rings. The van der Waals surface area contributed by atoms with Crippen molar-refractivity contribution in [1.29, 1.82) is 5.26 Å². The molecule has 142 valence electrons. The Balaban J connectivity index is 1.42. The summed E-state index contributed by atoms with van der Waals surface area (Å²) >= 11 is 0. The van der Waals surface area contributed by atoms with Crippen LogP contribution in [0.25, 0.3) is 6.08 Å². The molecule has 1 heterocycles. The van der Waals surface area contributed by atoms with Crippen LogP contribution in [-0.4, -0.2) is 12.6 Å². The van der Waals surface area contributed by atoms with Gasteiger partial charge in [-0.05, 0) is 41.5 Å². The smallest absolute Gasteiger partial charge is 0.231 e. The Kier molecular flexibility index (Phi) is 5.26. The van der Waals surface area contributed by atoms with Crippen LogP contribution in [0.2, 0.25) is 0 Å². The second-order valence-corrected chi connectivity index (χ2v) is 6.41. The van der Waals surface area contributed by atoms with Crippen LogP contribution < -0.4 is 14.2 Å². The molecule has 5 nitrogen and oxygen atoms in total. The van der Waals surface area contributed by atoms with Crippen molar-refractivity contribution >= 4 is 11.9 Å². The maximum Gasteiger partial charge on any atom is 0.231 e. The summed E-state index contributed by atoms with van der Waals surface area (Å²) in [5.41, 5.74) is 2.30. The van der Waals surface area contributed by atoms with Crippen LogP contribution in [0.1, 0.15) is 21.5 Å². The van der Waals surface area contributed by atoms with Gasteiger partial charge in [0.25, 0.3) is 0 Å². The minimum absolute atomic E-state index is 0.0882. The summed E-state index contributed by atoms with van der Waals surface area (Å²) in [4.78, 5) is 12.5. The molecule has 0 aliphatic carbocycles. The van der Waals surface area contributed by atoms with Gasteiger partial charge in [-0.1, -0.05) is 48.5 Å². The zero-order valence-electron chi connectivity index (χ0n) is 15.5. The summed E-state index contributed by atoms with van der Waals surface area (Å²) in [6, 6.07) is 23.7. The molecule has 3 aromatic rings. The van der Waals surface area contributed by atoms with Gasteiger partial charge in [-0.3, -0.25) is 4.79 Å². The van der Waals surface area contributed by atoms with Gasteiger partial charge < -0.3 is 14.2 Å². The van der Waals surface area contributed by atoms with Crippen molar-refractivity contribution in [2.45, 2.75) is 6.61 Å². The molecule has 0 saturated carbocycles. The Morgan fingerprint density at radius 2 is 1.76 bits per heavy atom. The molecule has 0 atom stereocenters. The molecule has 0 saturated heterocycles. The van der Waals surface area contributed by atoms with Crippen molar-refractivity contribution < 1.29 is 19.0 Å². The molecule has 0 bridgehead atoms. The Labute approximate surface area is 168 Å². The van der Waals surface area contributed by atoms with Gasteiger partial charge in [0.2, 0.25) is 12.6 Å². The lowest BCUT2D eigenvalue weighted by molar-refractivity contribution is 0.104. The zero-order valence-corrected chi connectivity index (χ0v) is 15.5. The van der Waals surface area contributed by atoms with E-state index in [1.165, 1.54) is 0 Å². The van der Waals surface area contributed by atoms with E-state index in [9.17, 15) is 10.1 Å². The molecule has 4 rings (SSSR count). The van der Waals surface area contributed by atoms with E-state index in [4.69, 9.17) is 14.2 Å². The van der Waals surface area contributed by atoms with Crippen molar-refractivity contribution in [1.82, 2.24) is 0 Å². The number of rotatable bonds is 6. The molecule has 0 radical (unpaired) electrons. The molecule has 1 aliphatic rings. The quantitative estimate of drug-likeness (QED) is 0.348. The third-order valence-corrected chi connectivity index (χ3v) is 4.43. The van der Waals surface area contributed by atoms with Crippen molar-refractivity contribution in [3.8, 4) is 23.3 Å². The molecule has 3 aromatic carbocycles. The fourth-order valence-electron chi connectivity index (χ4n) is 2.92. The van der Waals surface area contributed by atoms with Crippen molar-refractivity contribution in [2.75, 3.05) is 6.79 Å². The highest BCUT2D eigenvalue weighted by Crippen LogP contribution is 2.32. The molecule has 29 heavy (non-hydrogen) atoms. The third kappa shape index (κ3) is 4.28. The van der Waals surface area contributed by atoms with Gasteiger partial charge in [0.15, 0.2) is 11.5 Å². The zero-order chi connectivity index (χ0) is 20.1. The van der Waals surface area contributed by atoms with E-state index < -0.39 is 0 Å². The maximum atomic E-state index is 12.5. The fraction of sp³-hybridized carbons (Fsp3) is 0.0833. The highest BCUT2D eigenvalue weighted by Gasteiger charge is 2.13. The number of nitrogens with zero attached hydrogens (tertiary/aromatic N) is 1. The predicted molar refractivity (Wildman–Crippen MR) is 108 cm³/mol. The first kappa shape index (κ1) is 18.3. The minimum atomic E-state index is -0.295. The van der Waals surface area contributed by atoms with Crippen LogP contribution in [0.3, 0.4) is 0 Å². The fourth-order valence-corrected chi connectivity index (χ4v) is 2.92. The first-order valence-corrected chi connectivity index (χ1v) is 9.06. The van der Waals surface area contributed by atoms with E-state index in [2.05, 4.69) is 0 Å². The molecule has 0 unspecified atom stereocenters. The maximum absolute atomic E-state index is 12.5. The van der Waals surface area contributed by atoms with E-state index in [0.717, 1.165) is 22.6 Å². The molecular formula is C24H17NO4. The van der Waals surface area contributed by atoms with Gasteiger partial charge in [0.1, 0.15) is 24.0 Å². The number of hydrogen-bond acceptors (Lipinski definition) is 5. The Morgan fingerprint density at radius 1 is 1.00 bits per heavy atom. The van der Waals surface area contributed by atoms with E-state index in [0.29, 0.717) is 17.9 Å². The van der Waals surface area contributed by atoms with Gasteiger partial charge in [-0.15, -0.1) is 0 Å². The minimum Gasteiger partial charge on any atom is -0.489 e. The number of carbonyl (C=O) groups excluding carboxylic acids is 1. The largest absolute Gasteiger partial charge is 0.489 e. The Morgan fingerprint density at radius 3 is 2.52 bits per heavy atom. The number of benzene rings is 3. The van der Waals surface area contributed by atoms with Crippen molar-refractivity contribution in [3.05, 3.63) is 95.1 Å². The first-order valence-electron chi connectivity index (χ1n) is 9.06. The summed E-state index contributed by atoms with van der Waals surface area (Å²) in [7, 11) is 0. The number of ether oxygens (including phenoxy) is 3. The average molecular weight is 383 g/mol. The summed E-state index contributed by atoms with van der Waals surface area (Å²) in [6.45, 7) is 0.633. The molecule has 0 aromatic heterocycles. The average Bonchev–Trinajstić information content (AvgIpc) is 3.25. The van der Waals surface area contributed by atoms with Gasteiger partial charge in [-0.25, -0.2) is 0 Å². The van der Waals surface area contributed by atoms with Gasteiger partial charge in [-0.2, -0.15) is 5.26 Å². The monoisotopic (exact) mass is 383 g/mol. The third-order valence-electron chi connectivity index (χ3n) is 4.43. The molecule has 5 heteroatoms. The van der Waals surface area contributed by atoms with Gasteiger partial charge in [0, 0.05) is 5.56 Å². The van der Waals surface area contributed by atoms with Crippen LogP contribution in [0, 0.1) is 11.3 Å². The highest BCUT2D eigenvalue weighted by molar-refractivity contribution is 6.14. The van der Waals surface area contributed by atoms with E-state index >= 15 is 0 Å². The second-order valence-electron chi connectivity index (χ2n) is 6.41. The molecule has 0 amide bonds. The number of nitriles is 1. The van der Waals surface area contributed by atoms with Gasteiger partial charge >= 0.3 is 0 Å². The Hall–Kier alpha value is -4.04. The normalized spacial score (nSPS) is 12.3. The van der Waals surface area contributed by atoms with Crippen molar-refractivity contribution in [3.63, 3.8) is 0 Å². The molecule has 0 spiro atoms. The number of carbonyl (C=O) groups is 1. The van der Waals surface area contributed by atoms with Crippen LogP contribution in [0.15, 0.2) is 78.4 Å². The highest BCUT2D eigenvalue weighted by atomic mass is 16.7. The molecule has 0 N–H and O–H groups in total. The number of ketones is 1. The number of Topliss-reactive ketones (excluding diaryl/α,β-unsaturated/α-hetero) is 1. The number of fused-ring (bicyclic) bond motifs is 1. The van der Waals surface area contributed by atoms with Crippen LogP contribution >= 0.6 is 0 Å². The van der Waals surface area contributed by atoms with Crippen molar-refractivity contribution in [2.24, 2.45) is 0 Å². The van der Waals surface area contributed by atoms with Crippen LogP contribution in [0.4, 0.5) is 0 Å². The first-order chi connectivity index (χ1) is 14.2.